The van der Waals surface area contributed by atoms with Crippen molar-refractivity contribution in [3.05, 3.63) is 50.3 Å². The molecule has 0 aliphatic rings. The highest BCUT2D eigenvalue weighted by Gasteiger charge is 2.15. The number of aryl methyl sites for hydroxylation is 1. The first-order chi connectivity index (χ1) is 9.93. The first-order valence-electron chi connectivity index (χ1n) is 6.64. The quantitative estimate of drug-likeness (QED) is 0.677. The lowest BCUT2D eigenvalue weighted by atomic mass is 10.1. The molecular formula is C14H17ClN4O2. The van der Waals surface area contributed by atoms with Crippen LogP contribution in [-0.2, 0) is 6.54 Å². The van der Waals surface area contributed by atoms with Gasteiger partial charge in [-0.1, -0.05) is 17.7 Å². The summed E-state index contributed by atoms with van der Waals surface area (Å²) in [5, 5.41) is 19.0. The fourth-order valence-electron chi connectivity index (χ4n) is 2.17. The van der Waals surface area contributed by atoms with E-state index in [2.05, 4.69) is 10.4 Å². The molecule has 1 heterocycles. The highest BCUT2D eigenvalue weighted by molar-refractivity contribution is 6.31. The van der Waals surface area contributed by atoms with Crippen molar-refractivity contribution in [1.29, 1.82) is 0 Å². The van der Waals surface area contributed by atoms with Gasteiger partial charge in [-0.15, -0.1) is 0 Å². The fraction of sp³-hybridized carbons (Fsp3) is 0.357. The van der Waals surface area contributed by atoms with Crippen LogP contribution in [0.5, 0.6) is 0 Å². The van der Waals surface area contributed by atoms with Crippen LogP contribution in [0, 0.1) is 24.0 Å². The lowest BCUT2D eigenvalue weighted by molar-refractivity contribution is -0.384. The molecule has 0 bridgehead atoms. The van der Waals surface area contributed by atoms with Gasteiger partial charge in [0.25, 0.3) is 5.69 Å². The van der Waals surface area contributed by atoms with Crippen molar-refractivity contribution in [2.45, 2.75) is 27.3 Å². The van der Waals surface area contributed by atoms with Gasteiger partial charge >= 0.3 is 0 Å². The van der Waals surface area contributed by atoms with E-state index in [1.54, 1.807) is 16.8 Å². The van der Waals surface area contributed by atoms with Crippen molar-refractivity contribution in [3.63, 3.8) is 0 Å². The Kier molecular flexibility index (Phi) is 4.47. The van der Waals surface area contributed by atoms with Gasteiger partial charge in [0.1, 0.15) is 5.69 Å². The van der Waals surface area contributed by atoms with Gasteiger partial charge in [0.2, 0.25) is 0 Å². The van der Waals surface area contributed by atoms with Crippen LogP contribution in [0.15, 0.2) is 18.2 Å². The van der Waals surface area contributed by atoms with Gasteiger partial charge in [0.05, 0.1) is 27.9 Å². The number of anilines is 1. The molecule has 0 atom stereocenters. The zero-order valence-corrected chi connectivity index (χ0v) is 12.9. The Morgan fingerprint density at radius 2 is 2.14 bits per heavy atom. The third-order valence-electron chi connectivity index (χ3n) is 3.25. The molecule has 6 nitrogen and oxygen atoms in total. The van der Waals surface area contributed by atoms with Crippen LogP contribution in [0.25, 0.3) is 0 Å². The Morgan fingerprint density at radius 1 is 1.43 bits per heavy atom. The van der Waals surface area contributed by atoms with Crippen LogP contribution in [0.2, 0.25) is 5.02 Å². The van der Waals surface area contributed by atoms with Gasteiger partial charge in [-0.25, -0.2) is 0 Å². The molecule has 0 aliphatic heterocycles. The summed E-state index contributed by atoms with van der Waals surface area (Å²) in [5.41, 5.74) is 3.19. The lowest BCUT2D eigenvalue weighted by Gasteiger charge is -2.09. The SMILES string of the molecule is CCNc1cc(Cn2nc(C)c(Cl)c2C)ccc1[N+](=O)[O-]. The minimum Gasteiger partial charge on any atom is -0.380 e. The average Bonchev–Trinajstić information content (AvgIpc) is 2.67. The van der Waals surface area contributed by atoms with Crippen molar-refractivity contribution in [2.24, 2.45) is 0 Å². The standard InChI is InChI=1S/C14H17ClN4O2/c1-4-16-12-7-11(5-6-13(12)19(20)21)8-18-10(3)14(15)9(2)17-18/h5-7,16H,4,8H2,1-3H3. The summed E-state index contributed by atoms with van der Waals surface area (Å²) in [7, 11) is 0. The molecule has 0 saturated heterocycles. The topological polar surface area (TPSA) is 73.0 Å². The van der Waals surface area contributed by atoms with Gasteiger partial charge in [-0.05, 0) is 32.4 Å². The molecule has 7 heteroatoms. The molecular weight excluding hydrogens is 292 g/mol. The van der Waals surface area contributed by atoms with Crippen molar-refractivity contribution in [3.8, 4) is 0 Å². The monoisotopic (exact) mass is 308 g/mol. The number of halogens is 1. The van der Waals surface area contributed by atoms with E-state index in [1.807, 2.05) is 20.8 Å². The first kappa shape index (κ1) is 15.3. The Labute approximate surface area is 127 Å². The minimum atomic E-state index is -0.387. The number of nitrogens with one attached hydrogen (secondary N) is 1. The van der Waals surface area contributed by atoms with Gasteiger partial charge in [0, 0.05) is 12.6 Å². The van der Waals surface area contributed by atoms with E-state index in [4.69, 9.17) is 11.6 Å². The number of hydrogen-bond acceptors (Lipinski definition) is 4. The Morgan fingerprint density at radius 3 is 2.67 bits per heavy atom. The smallest absolute Gasteiger partial charge is 0.292 e. The van der Waals surface area contributed by atoms with Crippen LogP contribution in [0.3, 0.4) is 0 Å². The van der Waals surface area contributed by atoms with E-state index in [0.29, 0.717) is 23.8 Å². The molecule has 112 valence electrons. The van der Waals surface area contributed by atoms with Crippen LogP contribution >= 0.6 is 11.6 Å². The average molecular weight is 309 g/mol. The molecule has 21 heavy (non-hydrogen) atoms. The van der Waals surface area contributed by atoms with E-state index >= 15 is 0 Å². The molecule has 0 fully saturated rings. The number of nitro benzene ring substituents is 1. The summed E-state index contributed by atoms with van der Waals surface area (Å²) in [6.45, 7) is 6.80. The van der Waals surface area contributed by atoms with E-state index < -0.39 is 0 Å². The van der Waals surface area contributed by atoms with E-state index in [-0.39, 0.29) is 10.6 Å². The highest BCUT2D eigenvalue weighted by atomic mass is 35.5. The predicted molar refractivity (Wildman–Crippen MR) is 83.1 cm³/mol. The number of benzene rings is 1. The number of rotatable bonds is 5. The lowest BCUT2D eigenvalue weighted by Crippen LogP contribution is -2.06. The molecule has 1 N–H and O–H groups in total. The van der Waals surface area contributed by atoms with Gasteiger partial charge in [0.15, 0.2) is 0 Å². The molecule has 2 rings (SSSR count). The maximum Gasteiger partial charge on any atom is 0.292 e. The van der Waals surface area contributed by atoms with Crippen molar-refractivity contribution in [2.75, 3.05) is 11.9 Å². The normalized spacial score (nSPS) is 10.7. The summed E-state index contributed by atoms with van der Waals surface area (Å²) < 4.78 is 1.80. The van der Waals surface area contributed by atoms with E-state index in [9.17, 15) is 10.1 Å². The summed E-state index contributed by atoms with van der Waals surface area (Å²) >= 11 is 6.13. The molecule has 0 amide bonds. The van der Waals surface area contributed by atoms with Crippen LogP contribution in [-0.4, -0.2) is 21.2 Å². The summed E-state index contributed by atoms with van der Waals surface area (Å²) in [6, 6.07) is 5.04. The molecule has 0 saturated carbocycles. The number of aromatic nitrogens is 2. The van der Waals surface area contributed by atoms with Gasteiger partial charge < -0.3 is 5.32 Å². The molecule has 0 radical (unpaired) electrons. The fourth-order valence-corrected chi connectivity index (χ4v) is 2.31. The molecule has 0 spiro atoms. The number of hydrogen-bond donors (Lipinski definition) is 1. The van der Waals surface area contributed by atoms with E-state index in [0.717, 1.165) is 17.0 Å². The van der Waals surface area contributed by atoms with Gasteiger partial charge in [-0.2, -0.15) is 5.10 Å². The largest absolute Gasteiger partial charge is 0.380 e. The molecule has 0 aliphatic carbocycles. The zero-order chi connectivity index (χ0) is 15.6. The summed E-state index contributed by atoms with van der Waals surface area (Å²) in [4.78, 5) is 10.6. The minimum absolute atomic E-state index is 0.0759. The maximum absolute atomic E-state index is 11.0. The molecule has 1 aromatic heterocycles. The summed E-state index contributed by atoms with van der Waals surface area (Å²) in [6.07, 6.45) is 0. The van der Waals surface area contributed by atoms with Crippen molar-refractivity contribution < 1.29 is 4.92 Å². The maximum atomic E-state index is 11.0. The zero-order valence-electron chi connectivity index (χ0n) is 12.2. The van der Waals surface area contributed by atoms with E-state index in [1.165, 1.54) is 6.07 Å². The second-order valence-electron chi connectivity index (χ2n) is 4.78. The van der Waals surface area contributed by atoms with Crippen LogP contribution in [0.1, 0.15) is 23.9 Å². The Bertz CT molecular complexity index is 682. The molecule has 0 unspecified atom stereocenters. The Balaban J connectivity index is 2.34. The third kappa shape index (κ3) is 3.16. The van der Waals surface area contributed by atoms with Crippen LogP contribution < -0.4 is 5.32 Å². The highest BCUT2D eigenvalue weighted by Crippen LogP contribution is 2.26. The predicted octanol–water partition coefficient (Wildman–Crippen LogP) is 3.54. The second kappa shape index (κ2) is 6.13. The number of nitrogens with zero attached hydrogens (tertiary/aromatic N) is 3. The van der Waals surface area contributed by atoms with Gasteiger partial charge in [-0.3, -0.25) is 14.8 Å². The summed E-state index contributed by atoms with van der Waals surface area (Å²) in [5.74, 6) is 0. The van der Waals surface area contributed by atoms with Crippen molar-refractivity contribution >= 4 is 23.0 Å². The van der Waals surface area contributed by atoms with Crippen molar-refractivity contribution in [1.82, 2.24) is 9.78 Å². The number of nitro groups is 1. The molecule has 2 aromatic rings. The Hall–Kier alpha value is -2.08. The molecule has 1 aromatic carbocycles. The second-order valence-corrected chi connectivity index (χ2v) is 5.16. The van der Waals surface area contributed by atoms with Crippen LogP contribution in [0.4, 0.5) is 11.4 Å². The third-order valence-corrected chi connectivity index (χ3v) is 3.80. The first-order valence-corrected chi connectivity index (χ1v) is 7.02.